The molecule has 1 aliphatic heterocycles. The van der Waals surface area contributed by atoms with Crippen molar-refractivity contribution in [1.29, 1.82) is 0 Å². The molecule has 4 rings (SSSR count). The molecule has 0 N–H and O–H groups in total. The van der Waals surface area contributed by atoms with Crippen LogP contribution in [0.3, 0.4) is 0 Å². The summed E-state index contributed by atoms with van der Waals surface area (Å²) in [5, 5.41) is 13.2. The first-order valence-corrected chi connectivity index (χ1v) is 8.15. The normalized spacial score (nSPS) is 15.1. The Labute approximate surface area is 144 Å². The van der Waals surface area contributed by atoms with E-state index in [2.05, 4.69) is 25.1 Å². The SMILES string of the molecule is Cn1cc(N2CCN(c3nnc(-c4cccc(Cl)c4)o3)CC2)cn1. The van der Waals surface area contributed by atoms with Crippen molar-refractivity contribution in [2.24, 2.45) is 7.05 Å². The van der Waals surface area contributed by atoms with Gasteiger partial charge in [-0.1, -0.05) is 22.8 Å². The highest BCUT2D eigenvalue weighted by atomic mass is 35.5. The fourth-order valence-electron chi connectivity index (χ4n) is 2.81. The van der Waals surface area contributed by atoms with Crippen LogP contribution in [-0.2, 0) is 7.05 Å². The minimum Gasteiger partial charge on any atom is -0.403 e. The largest absolute Gasteiger partial charge is 0.403 e. The summed E-state index contributed by atoms with van der Waals surface area (Å²) in [7, 11) is 1.93. The number of hydrogen-bond acceptors (Lipinski definition) is 6. The Balaban J connectivity index is 1.45. The van der Waals surface area contributed by atoms with Crippen LogP contribution in [0.1, 0.15) is 0 Å². The third kappa shape index (κ3) is 2.94. The van der Waals surface area contributed by atoms with Crippen molar-refractivity contribution >= 4 is 23.3 Å². The number of piperazine rings is 1. The van der Waals surface area contributed by atoms with Gasteiger partial charge < -0.3 is 14.2 Å². The molecule has 0 radical (unpaired) electrons. The lowest BCUT2D eigenvalue weighted by Gasteiger charge is -2.34. The zero-order chi connectivity index (χ0) is 16.5. The lowest BCUT2D eigenvalue weighted by molar-refractivity contribution is 0.524. The van der Waals surface area contributed by atoms with Gasteiger partial charge in [-0.15, -0.1) is 5.10 Å². The standard InChI is InChI=1S/C16H17ClN6O/c1-21-11-14(10-18-21)22-5-7-23(8-6-22)16-20-19-15(24-16)12-3-2-4-13(17)9-12/h2-4,9-11H,5-8H2,1H3. The lowest BCUT2D eigenvalue weighted by Crippen LogP contribution is -2.46. The van der Waals surface area contributed by atoms with Gasteiger partial charge in [-0.3, -0.25) is 4.68 Å². The van der Waals surface area contributed by atoms with Crippen LogP contribution in [0, 0.1) is 0 Å². The average Bonchev–Trinajstić information content (AvgIpc) is 3.24. The van der Waals surface area contributed by atoms with Gasteiger partial charge in [-0.2, -0.15) is 5.10 Å². The highest BCUT2D eigenvalue weighted by Gasteiger charge is 2.22. The Morgan fingerprint density at radius 3 is 2.58 bits per heavy atom. The molecule has 0 spiro atoms. The zero-order valence-corrected chi connectivity index (χ0v) is 14.0. The third-order valence-corrected chi connectivity index (χ3v) is 4.33. The Hall–Kier alpha value is -2.54. The van der Waals surface area contributed by atoms with Crippen LogP contribution in [0.15, 0.2) is 41.1 Å². The van der Waals surface area contributed by atoms with Crippen molar-refractivity contribution in [2.45, 2.75) is 0 Å². The molecule has 7 nitrogen and oxygen atoms in total. The molecule has 1 saturated heterocycles. The molecule has 0 unspecified atom stereocenters. The first kappa shape index (κ1) is 15.0. The second-order valence-electron chi connectivity index (χ2n) is 5.75. The van der Waals surface area contributed by atoms with Crippen LogP contribution in [0.25, 0.3) is 11.5 Å². The van der Waals surface area contributed by atoms with Crippen LogP contribution in [0.5, 0.6) is 0 Å². The van der Waals surface area contributed by atoms with Crippen molar-refractivity contribution < 1.29 is 4.42 Å². The molecular weight excluding hydrogens is 328 g/mol. The van der Waals surface area contributed by atoms with Gasteiger partial charge in [0.25, 0.3) is 0 Å². The number of nitrogens with zero attached hydrogens (tertiary/aromatic N) is 6. The van der Waals surface area contributed by atoms with E-state index in [1.54, 1.807) is 0 Å². The molecule has 0 bridgehead atoms. The van der Waals surface area contributed by atoms with Gasteiger partial charge in [-0.25, -0.2) is 0 Å². The molecule has 0 saturated carbocycles. The minimum atomic E-state index is 0.488. The molecule has 3 heterocycles. The van der Waals surface area contributed by atoms with Gasteiger partial charge in [0, 0.05) is 50.0 Å². The van der Waals surface area contributed by atoms with E-state index >= 15 is 0 Å². The number of aromatic nitrogens is 4. The number of halogens is 1. The summed E-state index contributed by atoms with van der Waals surface area (Å²) >= 11 is 6.01. The summed E-state index contributed by atoms with van der Waals surface area (Å²) in [5.41, 5.74) is 1.97. The van der Waals surface area contributed by atoms with Crippen LogP contribution >= 0.6 is 11.6 Å². The smallest absolute Gasteiger partial charge is 0.318 e. The van der Waals surface area contributed by atoms with E-state index < -0.39 is 0 Å². The maximum Gasteiger partial charge on any atom is 0.318 e. The quantitative estimate of drug-likeness (QED) is 0.727. The van der Waals surface area contributed by atoms with E-state index in [-0.39, 0.29) is 0 Å². The number of aryl methyl sites for hydroxylation is 1. The molecule has 24 heavy (non-hydrogen) atoms. The van der Waals surface area contributed by atoms with Gasteiger partial charge >= 0.3 is 6.01 Å². The summed E-state index contributed by atoms with van der Waals surface area (Å²) in [6.07, 6.45) is 3.92. The Kier molecular flexibility index (Phi) is 3.86. The molecule has 1 aliphatic rings. The second kappa shape index (κ2) is 6.16. The molecule has 124 valence electrons. The van der Waals surface area contributed by atoms with Gasteiger partial charge in [-0.05, 0) is 18.2 Å². The fraction of sp³-hybridized carbons (Fsp3) is 0.312. The van der Waals surface area contributed by atoms with Crippen molar-refractivity contribution in [1.82, 2.24) is 20.0 Å². The predicted molar refractivity (Wildman–Crippen MR) is 92.4 cm³/mol. The summed E-state index contributed by atoms with van der Waals surface area (Å²) in [6, 6.07) is 7.97. The third-order valence-electron chi connectivity index (χ3n) is 4.09. The van der Waals surface area contributed by atoms with E-state index in [4.69, 9.17) is 16.0 Å². The number of benzene rings is 1. The summed E-state index contributed by atoms with van der Waals surface area (Å²) in [6.45, 7) is 3.43. The summed E-state index contributed by atoms with van der Waals surface area (Å²) < 4.78 is 7.64. The molecular formula is C16H17ClN6O. The lowest BCUT2D eigenvalue weighted by atomic mass is 10.2. The summed E-state index contributed by atoms with van der Waals surface area (Å²) in [5.74, 6) is 0.488. The molecule has 1 fully saturated rings. The van der Waals surface area contributed by atoms with Crippen LogP contribution in [0.4, 0.5) is 11.7 Å². The first-order valence-electron chi connectivity index (χ1n) is 7.77. The predicted octanol–water partition coefficient (Wildman–Crippen LogP) is 2.45. The molecule has 0 amide bonds. The van der Waals surface area contributed by atoms with Crippen molar-refractivity contribution in [2.75, 3.05) is 36.0 Å². The molecule has 3 aromatic rings. The fourth-order valence-corrected chi connectivity index (χ4v) is 3.00. The Bertz CT molecular complexity index is 836. The number of hydrogen-bond donors (Lipinski definition) is 0. The number of rotatable bonds is 3. The van der Waals surface area contributed by atoms with E-state index in [9.17, 15) is 0 Å². The molecule has 0 aliphatic carbocycles. The van der Waals surface area contributed by atoms with Crippen molar-refractivity contribution in [3.05, 3.63) is 41.7 Å². The van der Waals surface area contributed by atoms with Crippen molar-refractivity contribution in [3.8, 4) is 11.5 Å². The Morgan fingerprint density at radius 2 is 1.88 bits per heavy atom. The molecule has 0 atom stereocenters. The molecule has 2 aromatic heterocycles. The van der Waals surface area contributed by atoms with Gasteiger partial charge in [0.1, 0.15) is 0 Å². The van der Waals surface area contributed by atoms with E-state index in [1.165, 1.54) is 0 Å². The van der Waals surface area contributed by atoms with Crippen LogP contribution in [0.2, 0.25) is 5.02 Å². The highest BCUT2D eigenvalue weighted by molar-refractivity contribution is 6.30. The Morgan fingerprint density at radius 1 is 1.08 bits per heavy atom. The minimum absolute atomic E-state index is 0.488. The van der Waals surface area contributed by atoms with Crippen molar-refractivity contribution in [3.63, 3.8) is 0 Å². The van der Waals surface area contributed by atoms with E-state index in [0.717, 1.165) is 37.4 Å². The van der Waals surface area contributed by atoms with E-state index in [1.807, 2.05) is 48.4 Å². The van der Waals surface area contributed by atoms with E-state index in [0.29, 0.717) is 16.9 Å². The van der Waals surface area contributed by atoms with Crippen LogP contribution < -0.4 is 9.80 Å². The second-order valence-corrected chi connectivity index (χ2v) is 6.18. The molecule has 8 heteroatoms. The maximum atomic E-state index is 6.01. The monoisotopic (exact) mass is 344 g/mol. The average molecular weight is 345 g/mol. The van der Waals surface area contributed by atoms with Crippen LogP contribution in [-0.4, -0.2) is 46.2 Å². The maximum absolute atomic E-state index is 6.01. The number of anilines is 2. The topological polar surface area (TPSA) is 63.2 Å². The highest BCUT2D eigenvalue weighted by Crippen LogP contribution is 2.25. The first-order chi connectivity index (χ1) is 11.7. The van der Waals surface area contributed by atoms with Gasteiger partial charge in [0.15, 0.2) is 0 Å². The van der Waals surface area contributed by atoms with Gasteiger partial charge in [0.2, 0.25) is 5.89 Å². The zero-order valence-electron chi connectivity index (χ0n) is 13.3. The van der Waals surface area contributed by atoms with Gasteiger partial charge in [0.05, 0.1) is 11.9 Å². The molecule has 1 aromatic carbocycles. The summed E-state index contributed by atoms with van der Waals surface area (Å²) in [4.78, 5) is 4.41.